The van der Waals surface area contributed by atoms with Gasteiger partial charge in [0.05, 0.1) is 0 Å². The third kappa shape index (κ3) is 2.56. The van der Waals surface area contributed by atoms with Crippen LogP contribution in [0.5, 0.6) is 0 Å². The lowest BCUT2D eigenvalue weighted by Crippen LogP contribution is -2.04. The Morgan fingerprint density at radius 2 is 1.26 bits per heavy atom. The zero-order valence-electron chi connectivity index (χ0n) is 14.5. The normalized spacial score (nSPS) is 15.8. The van der Waals surface area contributed by atoms with Gasteiger partial charge >= 0.3 is 0 Å². The minimum absolute atomic E-state index is 1.14. The van der Waals surface area contributed by atoms with E-state index in [4.69, 9.17) is 0 Å². The van der Waals surface area contributed by atoms with Gasteiger partial charge in [-0.2, -0.15) is 0 Å². The number of halogens is 1. The Hall–Kier alpha value is -0.830. The average Bonchev–Trinajstić information content (AvgIpc) is 3.18. The Morgan fingerprint density at radius 3 is 1.96 bits per heavy atom. The summed E-state index contributed by atoms with van der Waals surface area (Å²) in [6.07, 6.45) is 8.98. The molecule has 0 saturated heterocycles. The highest BCUT2D eigenvalue weighted by Gasteiger charge is 2.22. The molecule has 0 saturated carbocycles. The molecule has 0 atom stereocenters. The van der Waals surface area contributed by atoms with Gasteiger partial charge in [0.15, 0.2) is 0 Å². The number of fused-ring (bicyclic) bond motifs is 2. The van der Waals surface area contributed by atoms with Crippen molar-refractivity contribution in [3.05, 3.63) is 65.8 Å². The molecule has 0 heterocycles. The minimum Gasteiger partial charge on any atom is -0.0552 e. The predicted molar refractivity (Wildman–Crippen MR) is 107 cm³/mol. The van der Waals surface area contributed by atoms with E-state index in [0.717, 1.165) is 6.42 Å². The molecule has 0 bridgehead atoms. The van der Waals surface area contributed by atoms with E-state index >= 15 is 0 Å². The molecule has 0 aliphatic heterocycles. The second-order valence-electron chi connectivity index (χ2n) is 7.44. The lowest BCUT2D eigenvalue weighted by molar-refractivity contribution is 0.900. The van der Waals surface area contributed by atoms with Crippen LogP contribution >= 0.6 is 22.6 Å². The molecule has 0 spiro atoms. The zero-order chi connectivity index (χ0) is 16.1. The number of hydrogen-bond donors (Lipinski definition) is 0. The van der Waals surface area contributed by atoms with Crippen molar-refractivity contribution in [3.8, 4) is 0 Å². The molecule has 23 heavy (non-hydrogen) atoms. The van der Waals surface area contributed by atoms with E-state index in [-0.39, 0.29) is 0 Å². The van der Waals surface area contributed by atoms with Crippen LogP contribution in [0.1, 0.15) is 62.9 Å². The Labute approximate surface area is 153 Å². The van der Waals surface area contributed by atoms with Gasteiger partial charge in [-0.05, 0) is 138 Å². The van der Waals surface area contributed by atoms with Gasteiger partial charge in [-0.1, -0.05) is 12.1 Å². The Kier molecular flexibility index (Phi) is 4.03. The second-order valence-corrected chi connectivity index (χ2v) is 8.52. The van der Waals surface area contributed by atoms with Crippen LogP contribution in [0.25, 0.3) is 0 Å². The van der Waals surface area contributed by atoms with E-state index in [1.807, 2.05) is 0 Å². The molecule has 0 unspecified atom stereocenters. The molecule has 120 valence electrons. The van der Waals surface area contributed by atoms with Gasteiger partial charge in [0.1, 0.15) is 0 Å². The highest BCUT2D eigenvalue weighted by atomic mass is 127. The number of benzene rings is 2. The smallest absolute Gasteiger partial charge is 0.0194 e. The molecule has 2 aliphatic rings. The van der Waals surface area contributed by atoms with Crippen molar-refractivity contribution in [2.24, 2.45) is 0 Å². The van der Waals surface area contributed by atoms with Crippen LogP contribution in [-0.4, -0.2) is 0 Å². The van der Waals surface area contributed by atoms with Gasteiger partial charge in [0.2, 0.25) is 0 Å². The second kappa shape index (κ2) is 5.91. The standard InChI is InChI=1S/C22H25I/c1-13-10-16(19-7-4-6-18(19)15(13)3)12-17-11-14(2)22(23)21-9-5-8-20(17)21/h10-11H,4-9,12H2,1-3H3. The van der Waals surface area contributed by atoms with Crippen molar-refractivity contribution in [2.75, 3.05) is 0 Å². The maximum absolute atomic E-state index is 2.56. The average molecular weight is 416 g/mol. The summed E-state index contributed by atoms with van der Waals surface area (Å²) >= 11 is 2.56. The van der Waals surface area contributed by atoms with Crippen molar-refractivity contribution in [1.29, 1.82) is 0 Å². The highest BCUT2D eigenvalue weighted by Crippen LogP contribution is 2.36. The van der Waals surface area contributed by atoms with Gasteiger partial charge in [0, 0.05) is 3.57 Å². The highest BCUT2D eigenvalue weighted by molar-refractivity contribution is 14.1. The van der Waals surface area contributed by atoms with Gasteiger partial charge in [0.25, 0.3) is 0 Å². The quantitative estimate of drug-likeness (QED) is 0.544. The summed E-state index contributed by atoms with van der Waals surface area (Å²) in [6, 6.07) is 4.95. The fourth-order valence-corrected chi connectivity index (χ4v) is 5.47. The van der Waals surface area contributed by atoms with Gasteiger partial charge < -0.3 is 0 Å². The zero-order valence-corrected chi connectivity index (χ0v) is 16.6. The molecular formula is C22H25I. The van der Waals surface area contributed by atoms with Gasteiger partial charge in [-0.3, -0.25) is 0 Å². The molecule has 0 fully saturated rings. The minimum atomic E-state index is 1.14. The Balaban J connectivity index is 1.82. The monoisotopic (exact) mass is 416 g/mol. The third-order valence-electron chi connectivity index (χ3n) is 6.03. The lowest BCUT2D eigenvalue weighted by Gasteiger charge is -2.17. The van der Waals surface area contributed by atoms with Crippen LogP contribution < -0.4 is 0 Å². The summed E-state index contributed by atoms with van der Waals surface area (Å²) in [7, 11) is 0. The summed E-state index contributed by atoms with van der Waals surface area (Å²) in [5, 5.41) is 0. The first-order chi connectivity index (χ1) is 11.1. The molecule has 0 amide bonds. The predicted octanol–water partition coefficient (Wildman–Crippen LogP) is 5.78. The van der Waals surface area contributed by atoms with E-state index < -0.39 is 0 Å². The third-order valence-corrected chi connectivity index (χ3v) is 7.53. The number of aryl methyl sites for hydroxylation is 2. The SMILES string of the molecule is Cc1cc(Cc2cc(C)c(I)c3c2CCC3)c2c(c1C)CCC2. The lowest BCUT2D eigenvalue weighted by atomic mass is 9.89. The molecule has 1 heteroatoms. The first-order valence-corrected chi connectivity index (χ1v) is 10.0. The van der Waals surface area contributed by atoms with Gasteiger partial charge in [-0.15, -0.1) is 0 Å². The Morgan fingerprint density at radius 1 is 0.739 bits per heavy atom. The molecule has 2 aromatic rings. The maximum Gasteiger partial charge on any atom is 0.0194 e. The van der Waals surface area contributed by atoms with Crippen LogP contribution in [0.2, 0.25) is 0 Å². The van der Waals surface area contributed by atoms with Crippen LogP contribution in [0.4, 0.5) is 0 Å². The van der Waals surface area contributed by atoms with Crippen LogP contribution in [0, 0.1) is 24.3 Å². The van der Waals surface area contributed by atoms with E-state index in [1.165, 1.54) is 53.2 Å². The summed E-state index contributed by atoms with van der Waals surface area (Å²) in [6.45, 7) is 6.89. The van der Waals surface area contributed by atoms with Gasteiger partial charge in [-0.25, -0.2) is 0 Å². The van der Waals surface area contributed by atoms with Crippen molar-refractivity contribution in [1.82, 2.24) is 0 Å². The molecule has 2 aliphatic carbocycles. The van der Waals surface area contributed by atoms with Crippen LogP contribution in [0.3, 0.4) is 0 Å². The molecule has 0 aromatic heterocycles. The van der Waals surface area contributed by atoms with Crippen molar-refractivity contribution < 1.29 is 0 Å². The summed E-state index contributed by atoms with van der Waals surface area (Å²) < 4.78 is 1.52. The first-order valence-electron chi connectivity index (χ1n) is 8.97. The van der Waals surface area contributed by atoms with Crippen molar-refractivity contribution in [2.45, 2.75) is 65.7 Å². The fourth-order valence-electron chi connectivity index (χ4n) is 4.72. The van der Waals surface area contributed by atoms with E-state index in [9.17, 15) is 0 Å². The number of hydrogen-bond acceptors (Lipinski definition) is 0. The topological polar surface area (TPSA) is 0 Å². The van der Waals surface area contributed by atoms with Crippen LogP contribution in [0.15, 0.2) is 12.1 Å². The fraction of sp³-hybridized carbons (Fsp3) is 0.455. The maximum atomic E-state index is 2.56. The molecule has 0 N–H and O–H groups in total. The Bertz CT molecular complexity index is 731. The molecule has 0 nitrogen and oxygen atoms in total. The van der Waals surface area contributed by atoms with Crippen LogP contribution in [-0.2, 0) is 32.1 Å². The van der Waals surface area contributed by atoms with Crippen molar-refractivity contribution >= 4 is 22.6 Å². The molecule has 2 aromatic carbocycles. The first kappa shape index (κ1) is 15.7. The van der Waals surface area contributed by atoms with Crippen molar-refractivity contribution in [3.63, 3.8) is 0 Å². The number of rotatable bonds is 2. The largest absolute Gasteiger partial charge is 0.0552 e. The molecular weight excluding hydrogens is 391 g/mol. The summed E-state index contributed by atoms with van der Waals surface area (Å²) in [5.41, 5.74) is 14.4. The van der Waals surface area contributed by atoms with E-state index in [0.29, 0.717) is 0 Å². The van der Waals surface area contributed by atoms with E-state index in [2.05, 4.69) is 55.5 Å². The molecule has 0 radical (unpaired) electrons. The summed E-state index contributed by atoms with van der Waals surface area (Å²) in [5.74, 6) is 0. The summed E-state index contributed by atoms with van der Waals surface area (Å²) in [4.78, 5) is 0. The molecule has 4 rings (SSSR count). The van der Waals surface area contributed by atoms with E-state index in [1.54, 1.807) is 38.9 Å².